The Morgan fingerprint density at radius 2 is 1.73 bits per heavy atom. The summed E-state index contributed by atoms with van der Waals surface area (Å²) in [5.41, 5.74) is 3.43. The molecule has 30 heavy (non-hydrogen) atoms. The van der Waals surface area contributed by atoms with Crippen LogP contribution in [-0.2, 0) is 13.2 Å². The first kappa shape index (κ1) is 20.1. The molecule has 4 aromatic rings. The van der Waals surface area contributed by atoms with Gasteiger partial charge in [0.15, 0.2) is 0 Å². The number of carbonyl (C=O) groups excluding carboxylic acids is 1. The van der Waals surface area contributed by atoms with Crippen molar-refractivity contribution in [3.05, 3.63) is 106 Å². The van der Waals surface area contributed by atoms with Crippen molar-refractivity contribution < 1.29 is 9.53 Å². The van der Waals surface area contributed by atoms with Crippen LogP contribution in [0.25, 0.3) is 10.6 Å². The first-order valence-electron chi connectivity index (χ1n) is 9.43. The molecule has 3 aromatic carbocycles. The Balaban J connectivity index is 1.35. The van der Waals surface area contributed by atoms with Gasteiger partial charge in [-0.3, -0.25) is 4.79 Å². The molecule has 0 aliphatic carbocycles. The van der Waals surface area contributed by atoms with Gasteiger partial charge in [0, 0.05) is 22.5 Å². The van der Waals surface area contributed by atoms with E-state index in [9.17, 15) is 4.79 Å². The zero-order chi connectivity index (χ0) is 20.8. The normalized spacial score (nSPS) is 10.6. The van der Waals surface area contributed by atoms with Gasteiger partial charge in [-0.1, -0.05) is 54.1 Å². The van der Waals surface area contributed by atoms with Crippen molar-refractivity contribution in [1.82, 2.24) is 10.3 Å². The van der Waals surface area contributed by atoms with Crippen molar-refractivity contribution in [3.8, 4) is 16.3 Å². The molecule has 0 aliphatic rings. The fourth-order valence-corrected chi connectivity index (χ4v) is 3.89. The van der Waals surface area contributed by atoms with Gasteiger partial charge >= 0.3 is 0 Å². The zero-order valence-corrected chi connectivity index (χ0v) is 17.6. The molecule has 0 bridgehead atoms. The molecular weight excluding hydrogens is 416 g/mol. The van der Waals surface area contributed by atoms with E-state index in [4.69, 9.17) is 16.3 Å². The molecule has 4 rings (SSSR count). The summed E-state index contributed by atoms with van der Waals surface area (Å²) in [5, 5.41) is 6.16. The third kappa shape index (κ3) is 5.26. The zero-order valence-electron chi connectivity index (χ0n) is 16.0. The number of nitrogens with one attached hydrogen (secondary N) is 1. The maximum Gasteiger partial charge on any atom is 0.271 e. The summed E-state index contributed by atoms with van der Waals surface area (Å²) >= 11 is 7.44. The van der Waals surface area contributed by atoms with Crippen LogP contribution in [0, 0.1) is 0 Å². The van der Waals surface area contributed by atoms with Gasteiger partial charge < -0.3 is 10.1 Å². The van der Waals surface area contributed by atoms with Crippen LogP contribution in [0.5, 0.6) is 5.75 Å². The van der Waals surface area contributed by atoms with E-state index in [0.717, 1.165) is 27.4 Å². The maximum atomic E-state index is 12.4. The molecule has 150 valence electrons. The molecule has 1 aromatic heterocycles. The smallest absolute Gasteiger partial charge is 0.271 e. The maximum absolute atomic E-state index is 12.4. The van der Waals surface area contributed by atoms with Gasteiger partial charge in [-0.15, -0.1) is 11.3 Å². The predicted octanol–water partition coefficient (Wildman–Crippen LogP) is 5.97. The Kier molecular flexibility index (Phi) is 6.42. The van der Waals surface area contributed by atoms with E-state index in [1.807, 2.05) is 78.9 Å². The third-order valence-corrected chi connectivity index (χ3v) is 5.55. The van der Waals surface area contributed by atoms with E-state index in [-0.39, 0.29) is 5.91 Å². The highest BCUT2D eigenvalue weighted by molar-refractivity contribution is 7.13. The predicted molar refractivity (Wildman–Crippen MR) is 121 cm³/mol. The van der Waals surface area contributed by atoms with Gasteiger partial charge in [-0.25, -0.2) is 4.98 Å². The average molecular weight is 435 g/mol. The van der Waals surface area contributed by atoms with Gasteiger partial charge in [0.2, 0.25) is 0 Å². The van der Waals surface area contributed by atoms with Gasteiger partial charge in [0.1, 0.15) is 23.1 Å². The second kappa shape index (κ2) is 9.57. The lowest BCUT2D eigenvalue weighted by Gasteiger charge is -2.07. The number of thiazole rings is 1. The lowest BCUT2D eigenvalue weighted by atomic mass is 10.2. The molecule has 0 aliphatic heterocycles. The molecule has 0 saturated carbocycles. The van der Waals surface area contributed by atoms with Crippen LogP contribution >= 0.6 is 22.9 Å². The number of nitrogens with zero attached hydrogens (tertiary/aromatic N) is 1. The molecule has 6 heteroatoms. The van der Waals surface area contributed by atoms with Crippen LogP contribution in [0.1, 0.15) is 21.6 Å². The topological polar surface area (TPSA) is 51.2 Å². The third-order valence-electron chi connectivity index (χ3n) is 4.43. The number of halogens is 1. The molecule has 1 N–H and O–H groups in total. The van der Waals surface area contributed by atoms with Gasteiger partial charge in [-0.2, -0.15) is 0 Å². The van der Waals surface area contributed by atoms with E-state index in [2.05, 4.69) is 10.3 Å². The second-order valence-corrected chi connectivity index (χ2v) is 7.94. The molecular formula is C24H19ClN2O2S. The van der Waals surface area contributed by atoms with Gasteiger partial charge in [-0.05, 0) is 47.5 Å². The molecule has 1 heterocycles. The van der Waals surface area contributed by atoms with E-state index < -0.39 is 0 Å². The number of benzene rings is 3. The molecule has 1 amide bonds. The number of amides is 1. The largest absolute Gasteiger partial charge is 0.489 e. The van der Waals surface area contributed by atoms with E-state index in [0.29, 0.717) is 23.9 Å². The van der Waals surface area contributed by atoms with E-state index >= 15 is 0 Å². The highest BCUT2D eigenvalue weighted by Crippen LogP contribution is 2.26. The highest BCUT2D eigenvalue weighted by atomic mass is 35.5. The van der Waals surface area contributed by atoms with Gasteiger partial charge in [0.05, 0.1) is 0 Å². The second-order valence-electron chi connectivity index (χ2n) is 6.65. The van der Waals surface area contributed by atoms with Crippen LogP contribution < -0.4 is 10.1 Å². The molecule has 0 atom stereocenters. The Labute approximate surface area is 184 Å². The molecule has 0 spiro atoms. The minimum Gasteiger partial charge on any atom is -0.489 e. The van der Waals surface area contributed by atoms with Crippen LogP contribution in [0.4, 0.5) is 0 Å². The Bertz CT molecular complexity index is 1130. The van der Waals surface area contributed by atoms with Crippen molar-refractivity contribution in [2.75, 3.05) is 0 Å². The van der Waals surface area contributed by atoms with E-state index in [1.54, 1.807) is 5.38 Å². The minimum absolute atomic E-state index is 0.178. The molecule has 4 nitrogen and oxygen atoms in total. The minimum atomic E-state index is -0.178. The number of carbonyl (C=O) groups is 1. The Morgan fingerprint density at radius 1 is 0.967 bits per heavy atom. The summed E-state index contributed by atoms with van der Waals surface area (Å²) < 4.78 is 5.82. The first-order valence-corrected chi connectivity index (χ1v) is 10.7. The number of aromatic nitrogens is 1. The van der Waals surface area contributed by atoms with Crippen LogP contribution in [0.15, 0.2) is 84.2 Å². The molecule has 0 radical (unpaired) electrons. The lowest BCUT2D eigenvalue weighted by Crippen LogP contribution is -2.23. The SMILES string of the molecule is O=C(NCc1ccccc1)c1csc(-c2ccc(OCc3cccc(Cl)c3)cc2)n1. The quantitative estimate of drug-likeness (QED) is 0.389. The van der Waals surface area contributed by atoms with Crippen LogP contribution in [0.3, 0.4) is 0 Å². The van der Waals surface area contributed by atoms with Crippen molar-refractivity contribution in [1.29, 1.82) is 0 Å². The van der Waals surface area contributed by atoms with Crippen molar-refractivity contribution in [2.24, 2.45) is 0 Å². The van der Waals surface area contributed by atoms with Crippen LogP contribution in [-0.4, -0.2) is 10.9 Å². The lowest BCUT2D eigenvalue weighted by molar-refractivity contribution is 0.0946. The van der Waals surface area contributed by atoms with Crippen molar-refractivity contribution in [2.45, 2.75) is 13.2 Å². The summed E-state index contributed by atoms with van der Waals surface area (Å²) in [6, 6.07) is 25.1. The fraction of sp³-hybridized carbons (Fsp3) is 0.0833. The van der Waals surface area contributed by atoms with Crippen molar-refractivity contribution in [3.63, 3.8) is 0 Å². The standard InChI is InChI=1S/C24H19ClN2O2S/c25-20-8-4-7-18(13-20)15-29-21-11-9-19(10-12-21)24-27-22(16-30-24)23(28)26-14-17-5-2-1-3-6-17/h1-13,16H,14-15H2,(H,26,28). The summed E-state index contributed by atoms with van der Waals surface area (Å²) in [4.78, 5) is 16.8. The number of hydrogen-bond donors (Lipinski definition) is 1. The van der Waals surface area contributed by atoms with E-state index in [1.165, 1.54) is 11.3 Å². The van der Waals surface area contributed by atoms with Crippen molar-refractivity contribution >= 4 is 28.8 Å². The average Bonchev–Trinajstić information content (AvgIpc) is 3.28. The number of rotatable bonds is 7. The highest BCUT2D eigenvalue weighted by Gasteiger charge is 2.12. The Hall–Kier alpha value is -3.15. The summed E-state index contributed by atoms with van der Waals surface area (Å²) in [7, 11) is 0. The van der Waals surface area contributed by atoms with Gasteiger partial charge in [0.25, 0.3) is 5.91 Å². The Morgan fingerprint density at radius 3 is 2.50 bits per heavy atom. The summed E-state index contributed by atoms with van der Waals surface area (Å²) in [6.07, 6.45) is 0. The van der Waals surface area contributed by atoms with Crippen LogP contribution in [0.2, 0.25) is 5.02 Å². The summed E-state index contributed by atoms with van der Waals surface area (Å²) in [6.45, 7) is 0.925. The summed E-state index contributed by atoms with van der Waals surface area (Å²) in [5.74, 6) is 0.582. The molecule has 0 unspecified atom stereocenters. The number of hydrogen-bond acceptors (Lipinski definition) is 4. The first-order chi connectivity index (χ1) is 14.7. The fourth-order valence-electron chi connectivity index (χ4n) is 2.87. The molecule has 0 saturated heterocycles. The molecule has 0 fully saturated rings. The number of ether oxygens (including phenoxy) is 1. The monoisotopic (exact) mass is 434 g/mol.